The maximum absolute atomic E-state index is 6.08. The van der Waals surface area contributed by atoms with Gasteiger partial charge in [0.25, 0.3) is 0 Å². The summed E-state index contributed by atoms with van der Waals surface area (Å²) in [6.07, 6.45) is 0.752. The van der Waals surface area contributed by atoms with Crippen molar-refractivity contribution in [1.29, 1.82) is 0 Å². The maximum Gasteiger partial charge on any atom is 0.213 e. The van der Waals surface area contributed by atoms with Gasteiger partial charge < -0.3 is 10.5 Å². The predicted molar refractivity (Wildman–Crippen MR) is 83.1 cm³/mol. The van der Waals surface area contributed by atoms with Crippen LogP contribution in [0.4, 0.5) is 5.69 Å². The van der Waals surface area contributed by atoms with E-state index in [1.54, 1.807) is 19.2 Å². The molecule has 0 aliphatic rings. The van der Waals surface area contributed by atoms with Crippen LogP contribution in [0.1, 0.15) is 12.7 Å². The summed E-state index contributed by atoms with van der Waals surface area (Å²) in [7, 11) is 1.58. The number of benzene rings is 1. The zero-order chi connectivity index (χ0) is 14.8. The lowest BCUT2D eigenvalue weighted by molar-refractivity contribution is 0.398. The zero-order valence-electron chi connectivity index (χ0n) is 12.0. The highest BCUT2D eigenvalue weighted by Gasteiger charge is 2.14. The Hall–Kier alpha value is -2.69. The molecule has 106 valence electrons. The summed E-state index contributed by atoms with van der Waals surface area (Å²) in [6.45, 7) is 2.02. The van der Waals surface area contributed by atoms with Crippen LogP contribution in [-0.2, 0) is 6.42 Å². The summed E-state index contributed by atoms with van der Waals surface area (Å²) < 4.78 is 5.19. The number of anilines is 1. The highest BCUT2D eigenvalue weighted by molar-refractivity contribution is 5.94. The molecule has 0 atom stereocenters. The number of hydrogen-bond acceptors (Lipinski definition) is 5. The lowest BCUT2D eigenvalue weighted by Gasteiger charge is -2.10. The number of aryl methyl sites for hydroxylation is 1. The van der Waals surface area contributed by atoms with Gasteiger partial charge in [0.1, 0.15) is 17.2 Å². The number of aromatic nitrogens is 3. The Balaban J connectivity index is 2.33. The van der Waals surface area contributed by atoms with Crippen LogP contribution in [0.15, 0.2) is 36.4 Å². The molecule has 0 radical (unpaired) electrons. The second-order valence-corrected chi connectivity index (χ2v) is 4.65. The molecule has 5 heteroatoms. The van der Waals surface area contributed by atoms with Crippen molar-refractivity contribution in [2.24, 2.45) is 0 Å². The van der Waals surface area contributed by atoms with Crippen molar-refractivity contribution in [2.45, 2.75) is 13.3 Å². The SMILES string of the molecule is CCc1nc(-c2nc(OC)ccc2N)c2ccccc2n1. The Bertz CT molecular complexity index is 801. The van der Waals surface area contributed by atoms with Crippen LogP contribution in [0.3, 0.4) is 0 Å². The summed E-state index contributed by atoms with van der Waals surface area (Å²) in [4.78, 5) is 13.6. The summed E-state index contributed by atoms with van der Waals surface area (Å²) in [5.41, 5.74) is 8.92. The van der Waals surface area contributed by atoms with Gasteiger partial charge in [-0.05, 0) is 12.1 Å². The molecule has 2 aromatic heterocycles. The van der Waals surface area contributed by atoms with E-state index in [4.69, 9.17) is 10.5 Å². The molecule has 2 heterocycles. The van der Waals surface area contributed by atoms with Gasteiger partial charge in [-0.1, -0.05) is 25.1 Å². The molecule has 21 heavy (non-hydrogen) atoms. The van der Waals surface area contributed by atoms with E-state index in [9.17, 15) is 0 Å². The van der Waals surface area contributed by atoms with Gasteiger partial charge in [0, 0.05) is 17.9 Å². The van der Waals surface area contributed by atoms with E-state index in [2.05, 4.69) is 15.0 Å². The first kappa shape index (κ1) is 13.3. The Morgan fingerprint density at radius 2 is 1.81 bits per heavy atom. The van der Waals surface area contributed by atoms with Crippen LogP contribution in [-0.4, -0.2) is 22.1 Å². The van der Waals surface area contributed by atoms with E-state index >= 15 is 0 Å². The van der Waals surface area contributed by atoms with Crippen LogP contribution in [0.25, 0.3) is 22.3 Å². The number of para-hydroxylation sites is 1. The number of methoxy groups -OCH3 is 1. The van der Waals surface area contributed by atoms with Crippen molar-refractivity contribution in [3.05, 3.63) is 42.2 Å². The average molecular weight is 280 g/mol. The largest absolute Gasteiger partial charge is 0.481 e. The monoisotopic (exact) mass is 280 g/mol. The van der Waals surface area contributed by atoms with E-state index in [1.165, 1.54) is 0 Å². The summed E-state index contributed by atoms with van der Waals surface area (Å²) in [5, 5.41) is 0.933. The molecule has 0 saturated heterocycles. The summed E-state index contributed by atoms with van der Waals surface area (Å²) in [5.74, 6) is 1.28. The third kappa shape index (κ3) is 2.38. The molecule has 3 rings (SSSR count). The molecule has 5 nitrogen and oxygen atoms in total. The van der Waals surface area contributed by atoms with Gasteiger partial charge in [-0.25, -0.2) is 15.0 Å². The van der Waals surface area contributed by atoms with Crippen LogP contribution >= 0.6 is 0 Å². The molecule has 0 spiro atoms. The molecule has 0 unspecified atom stereocenters. The Morgan fingerprint density at radius 1 is 1.00 bits per heavy atom. The van der Waals surface area contributed by atoms with E-state index < -0.39 is 0 Å². The van der Waals surface area contributed by atoms with Gasteiger partial charge in [-0.3, -0.25) is 0 Å². The van der Waals surface area contributed by atoms with Crippen LogP contribution in [0.2, 0.25) is 0 Å². The van der Waals surface area contributed by atoms with E-state index in [-0.39, 0.29) is 0 Å². The minimum atomic E-state index is 0.514. The fraction of sp³-hybridized carbons (Fsp3) is 0.188. The first-order chi connectivity index (χ1) is 10.2. The van der Waals surface area contributed by atoms with Gasteiger partial charge in [0.2, 0.25) is 5.88 Å². The third-order valence-corrected chi connectivity index (χ3v) is 3.30. The summed E-state index contributed by atoms with van der Waals surface area (Å²) >= 11 is 0. The fourth-order valence-corrected chi connectivity index (χ4v) is 2.22. The van der Waals surface area contributed by atoms with Crippen molar-refractivity contribution < 1.29 is 4.74 Å². The molecule has 1 aromatic carbocycles. The van der Waals surface area contributed by atoms with Gasteiger partial charge >= 0.3 is 0 Å². The van der Waals surface area contributed by atoms with Crippen LogP contribution in [0.5, 0.6) is 5.88 Å². The number of fused-ring (bicyclic) bond motifs is 1. The van der Waals surface area contributed by atoms with Crippen molar-refractivity contribution in [1.82, 2.24) is 15.0 Å². The first-order valence-corrected chi connectivity index (χ1v) is 6.79. The minimum absolute atomic E-state index is 0.514. The number of hydrogen-bond donors (Lipinski definition) is 1. The molecule has 0 bridgehead atoms. The standard InChI is InChI=1S/C16H16N4O/c1-3-13-18-12-7-5-4-6-10(12)15(19-13)16-11(17)8-9-14(20-16)21-2/h4-9H,3,17H2,1-2H3. The van der Waals surface area contributed by atoms with Gasteiger partial charge in [0.05, 0.1) is 18.3 Å². The van der Waals surface area contributed by atoms with Gasteiger partial charge in [0.15, 0.2) is 0 Å². The first-order valence-electron chi connectivity index (χ1n) is 6.79. The van der Waals surface area contributed by atoms with Gasteiger partial charge in [-0.15, -0.1) is 0 Å². The molecule has 3 aromatic rings. The number of ether oxygens (including phenoxy) is 1. The number of pyridine rings is 1. The van der Waals surface area contributed by atoms with E-state index in [1.807, 2.05) is 31.2 Å². The Morgan fingerprint density at radius 3 is 2.57 bits per heavy atom. The van der Waals surface area contributed by atoms with Crippen molar-refractivity contribution in [2.75, 3.05) is 12.8 Å². The molecule has 0 aliphatic heterocycles. The highest BCUT2D eigenvalue weighted by Crippen LogP contribution is 2.30. The second kappa shape index (κ2) is 5.36. The molecular formula is C16H16N4O. The minimum Gasteiger partial charge on any atom is -0.481 e. The molecule has 0 saturated carbocycles. The second-order valence-electron chi connectivity index (χ2n) is 4.65. The number of nitrogen functional groups attached to an aromatic ring is 1. The van der Waals surface area contributed by atoms with Crippen LogP contribution in [0, 0.1) is 0 Å². The zero-order valence-corrected chi connectivity index (χ0v) is 12.0. The predicted octanol–water partition coefficient (Wildman–Crippen LogP) is 2.85. The smallest absolute Gasteiger partial charge is 0.213 e. The van der Waals surface area contributed by atoms with Gasteiger partial charge in [-0.2, -0.15) is 0 Å². The Labute approximate surface area is 122 Å². The van der Waals surface area contributed by atoms with Crippen LogP contribution < -0.4 is 10.5 Å². The lowest BCUT2D eigenvalue weighted by Crippen LogP contribution is -2.02. The van der Waals surface area contributed by atoms with Crippen molar-refractivity contribution >= 4 is 16.6 Å². The third-order valence-electron chi connectivity index (χ3n) is 3.30. The number of rotatable bonds is 3. The fourth-order valence-electron chi connectivity index (χ4n) is 2.22. The normalized spacial score (nSPS) is 10.8. The maximum atomic E-state index is 6.08. The quantitative estimate of drug-likeness (QED) is 0.798. The Kier molecular flexibility index (Phi) is 3.39. The summed E-state index contributed by atoms with van der Waals surface area (Å²) in [6, 6.07) is 11.4. The molecule has 0 amide bonds. The average Bonchev–Trinajstić information content (AvgIpc) is 2.54. The van der Waals surface area contributed by atoms with Crippen molar-refractivity contribution in [3.63, 3.8) is 0 Å². The number of nitrogens with two attached hydrogens (primary N) is 1. The highest BCUT2D eigenvalue weighted by atomic mass is 16.5. The molecule has 0 fully saturated rings. The van der Waals surface area contributed by atoms with E-state index in [0.29, 0.717) is 17.3 Å². The molecular weight excluding hydrogens is 264 g/mol. The molecule has 2 N–H and O–H groups in total. The number of nitrogens with zero attached hydrogens (tertiary/aromatic N) is 3. The van der Waals surface area contributed by atoms with E-state index in [0.717, 1.165) is 28.8 Å². The molecule has 0 aliphatic carbocycles. The topological polar surface area (TPSA) is 73.9 Å². The van der Waals surface area contributed by atoms with Crippen molar-refractivity contribution in [3.8, 4) is 17.3 Å². The lowest BCUT2D eigenvalue weighted by atomic mass is 10.1.